The first kappa shape index (κ1) is 12.9. The highest BCUT2D eigenvalue weighted by Gasteiger charge is 2.25. The van der Waals surface area contributed by atoms with Crippen LogP contribution in [-0.4, -0.2) is 24.4 Å². The minimum absolute atomic E-state index is 0.358. The molecule has 0 unspecified atom stereocenters. The van der Waals surface area contributed by atoms with Crippen LogP contribution in [0.5, 0.6) is 0 Å². The van der Waals surface area contributed by atoms with Crippen molar-refractivity contribution in [3.63, 3.8) is 0 Å². The van der Waals surface area contributed by atoms with Gasteiger partial charge in [-0.15, -0.1) is 0 Å². The normalized spacial score (nSPS) is 14.3. The Bertz CT molecular complexity index is 376. The second-order valence-electron chi connectivity index (χ2n) is 4.46. The van der Waals surface area contributed by atoms with Crippen LogP contribution in [0.3, 0.4) is 0 Å². The minimum Gasteiger partial charge on any atom is -0.448 e. The van der Waals surface area contributed by atoms with Gasteiger partial charge in [-0.1, -0.05) is 30.3 Å². The lowest BCUT2D eigenvalue weighted by Gasteiger charge is -2.21. The molecule has 1 fully saturated rings. The van der Waals surface area contributed by atoms with E-state index in [1.807, 2.05) is 30.3 Å². The average molecular weight is 249 g/mol. The van der Waals surface area contributed by atoms with Gasteiger partial charge in [0, 0.05) is 0 Å². The van der Waals surface area contributed by atoms with Gasteiger partial charge in [-0.3, -0.25) is 4.84 Å². The molecule has 0 saturated heterocycles. The van der Waals surface area contributed by atoms with Gasteiger partial charge in [-0.2, -0.15) is 5.06 Å². The van der Waals surface area contributed by atoms with Crippen molar-refractivity contribution in [3.05, 3.63) is 35.9 Å². The molecule has 4 heteroatoms. The summed E-state index contributed by atoms with van der Waals surface area (Å²) in [6.45, 7) is 3.18. The summed E-state index contributed by atoms with van der Waals surface area (Å²) < 4.78 is 4.99. The van der Waals surface area contributed by atoms with Gasteiger partial charge in [0.25, 0.3) is 0 Å². The first-order valence-electron chi connectivity index (χ1n) is 6.40. The molecule has 0 heterocycles. The van der Waals surface area contributed by atoms with Crippen LogP contribution in [-0.2, 0) is 16.1 Å². The molecule has 0 radical (unpaired) electrons. The molecule has 0 spiro atoms. The molecule has 0 bridgehead atoms. The molecule has 1 aromatic rings. The van der Waals surface area contributed by atoms with Gasteiger partial charge < -0.3 is 4.74 Å². The van der Waals surface area contributed by atoms with Gasteiger partial charge in [0.2, 0.25) is 0 Å². The first-order valence-corrected chi connectivity index (χ1v) is 6.40. The van der Waals surface area contributed by atoms with E-state index in [2.05, 4.69) is 0 Å². The number of hydroxylamine groups is 2. The third-order valence-corrected chi connectivity index (χ3v) is 2.80. The van der Waals surface area contributed by atoms with E-state index < -0.39 is 6.09 Å². The van der Waals surface area contributed by atoms with E-state index in [9.17, 15) is 4.79 Å². The van der Waals surface area contributed by atoms with Crippen molar-refractivity contribution >= 4 is 6.09 Å². The third-order valence-electron chi connectivity index (χ3n) is 2.80. The Kier molecular flexibility index (Phi) is 4.59. The van der Waals surface area contributed by atoms with Gasteiger partial charge >= 0.3 is 6.09 Å². The summed E-state index contributed by atoms with van der Waals surface area (Å²) in [6.07, 6.45) is 1.98. The highest BCUT2D eigenvalue weighted by Crippen LogP contribution is 2.29. The zero-order chi connectivity index (χ0) is 12.8. The Balaban J connectivity index is 1.91. The van der Waals surface area contributed by atoms with Crippen LogP contribution in [0.15, 0.2) is 30.3 Å². The molecule has 0 aliphatic heterocycles. The van der Waals surface area contributed by atoms with Gasteiger partial charge in [0.1, 0.15) is 0 Å². The molecule has 1 saturated carbocycles. The van der Waals surface area contributed by atoms with Crippen LogP contribution >= 0.6 is 0 Å². The Morgan fingerprint density at radius 2 is 2.06 bits per heavy atom. The van der Waals surface area contributed by atoms with Crippen LogP contribution in [0.2, 0.25) is 0 Å². The van der Waals surface area contributed by atoms with Crippen molar-refractivity contribution in [2.75, 3.05) is 13.2 Å². The third kappa shape index (κ3) is 4.04. The van der Waals surface area contributed by atoms with E-state index in [0.717, 1.165) is 5.56 Å². The fourth-order valence-electron chi connectivity index (χ4n) is 1.59. The zero-order valence-corrected chi connectivity index (χ0v) is 10.7. The predicted molar refractivity (Wildman–Crippen MR) is 67.7 cm³/mol. The van der Waals surface area contributed by atoms with Crippen LogP contribution in [0.4, 0.5) is 4.79 Å². The molecule has 1 aliphatic carbocycles. The number of hydrogen-bond donors (Lipinski definition) is 0. The second-order valence-corrected chi connectivity index (χ2v) is 4.46. The average Bonchev–Trinajstić information content (AvgIpc) is 3.20. The Morgan fingerprint density at radius 3 is 2.67 bits per heavy atom. The highest BCUT2D eigenvalue weighted by molar-refractivity contribution is 5.66. The van der Waals surface area contributed by atoms with Crippen LogP contribution in [0, 0.1) is 5.92 Å². The topological polar surface area (TPSA) is 38.8 Å². The molecule has 0 atom stereocenters. The maximum atomic E-state index is 11.8. The van der Waals surface area contributed by atoms with E-state index >= 15 is 0 Å². The fraction of sp³-hybridized carbons (Fsp3) is 0.500. The summed E-state index contributed by atoms with van der Waals surface area (Å²) in [5.41, 5.74) is 1.03. The Labute approximate surface area is 107 Å². The predicted octanol–water partition coefficient (Wildman–Crippen LogP) is 2.99. The number of hydrogen-bond acceptors (Lipinski definition) is 3. The molecule has 1 amide bonds. The number of rotatable bonds is 6. The first-order chi connectivity index (χ1) is 8.79. The maximum absolute atomic E-state index is 11.8. The summed E-state index contributed by atoms with van der Waals surface area (Å²) in [6, 6.07) is 9.77. The molecular formula is C14H19NO3. The number of amides is 1. The number of benzene rings is 1. The quantitative estimate of drug-likeness (QED) is 0.727. The van der Waals surface area contributed by atoms with Crippen molar-refractivity contribution in [3.8, 4) is 0 Å². The van der Waals surface area contributed by atoms with Crippen LogP contribution in [0.1, 0.15) is 25.3 Å². The monoisotopic (exact) mass is 249 g/mol. The number of carbonyl (C=O) groups excluding carboxylic acids is 1. The summed E-state index contributed by atoms with van der Waals surface area (Å²) in [5.74, 6) is 0.609. The van der Waals surface area contributed by atoms with Crippen LogP contribution < -0.4 is 0 Å². The Hall–Kier alpha value is -1.55. The van der Waals surface area contributed by atoms with E-state index in [1.54, 1.807) is 6.92 Å². The van der Waals surface area contributed by atoms with Crippen molar-refractivity contribution in [1.82, 2.24) is 5.06 Å². The van der Waals surface area contributed by atoms with E-state index in [1.165, 1.54) is 17.9 Å². The van der Waals surface area contributed by atoms with Crippen LogP contribution in [0.25, 0.3) is 0 Å². The van der Waals surface area contributed by atoms with E-state index in [-0.39, 0.29) is 0 Å². The summed E-state index contributed by atoms with van der Waals surface area (Å²) in [5, 5.41) is 1.32. The molecule has 1 aliphatic rings. The highest BCUT2D eigenvalue weighted by atomic mass is 16.7. The molecule has 2 rings (SSSR count). The molecular weight excluding hydrogens is 230 g/mol. The van der Waals surface area contributed by atoms with Gasteiger partial charge in [-0.25, -0.2) is 4.79 Å². The lowest BCUT2D eigenvalue weighted by atomic mass is 10.2. The Morgan fingerprint density at radius 1 is 1.33 bits per heavy atom. The van der Waals surface area contributed by atoms with Gasteiger partial charge in [0.15, 0.2) is 0 Å². The SMILES string of the molecule is CCOC(=O)N(Cc1ccccc1)OCC1CC1. The van der Waals surface area contributed by atoms with Gasteiger partial charge in [-0.05, 0) is 31.2 Å². The van der Waals surface area contributed by atoms with Crippen molar-refractivity contribution in [2.45, 2.75) is 26.3 Å². The lowest BCUT2D eigenvalue weighted by molar-refractivity contribution is -0.146. The van der Waals surface area contributed by atoms with Gasteiger partial charge in [0.05, 0.1) is 19.8 Å². The lowest BCUT2D eigenvalue weighted by Crippen LogP contribution is -2.32. The maximum Gasteiger partial charge on any atom is 0.434 e. The summed E-state index contributed by atoms with van der Waals surface area (Å²) >= 11 is 0. The number of carbonyl (C=O) groups is 1. The second kappa shape index (κ2) is 6.40. The summed E-state index contributed by atoms with van der Waals surface area (Å²) in [4.78, 5) is 17.3. The molecule has 18 heavy (non-hydrogen) atoms. The molecule has 1 aromatic carbocycles. The number of ether oxygens (including phenoxy) is 1. The standard InChI is InChI=1S/C14H19NO3/c1-2-17-14(16)15(18-11-13-8-9-13)10-12-6-4-3-5-7-12/h3-7,13H,2,8-11H2,1H3. The summed E-state index contributed by atoms with van der Waals surface area (Å²) in [7, 11) is 0. The van der Waals surface area contributed by atoms with Crippen molar-refractivity contribution < 1.29 is 14.4 Å². The fourth-order valence-corrected chi connectivity index (χ4v) is 1.59. The molecule has 98 valence electrons. The van der Waals surface area contributed by atoms with E-state index in [0.29, 0.717) is 25.7 Å². The molecule has 0 N–H and O–H groups in total. The minimum atomic E-state index is -0.415. The number of nitrogens with zero attached hydrogens (tertiary/aromatic N) is 1. The smallest absolute Gasteiger partial charge is 0.434 e. The van der Waals surface area contributed by atoms with Crippen molar-refractivity contribution in [2.24, 2.45) is 5.92 Å². The molecule has 0 aromatic heterocycles. The molecule has 4 nitrogen and oxygen atoms in total. The largest absolute Gasteiger partial charge is 0.448 e. The zero-order valence-electron chi connectivity index (χ0n) is 10.7. The van der Waals surface area contributed by atoms with E-state index in [4.69, 9.17) is 9.57 Å². The van der Waals surface area contributed by atoms with Crippen molar-refractivity contribution in [1.29, 1.82) is 0 Å².